The van der Waals surface area contributed by atoms with E-state index in [2.05, 4.69) is 45.3 Å². The molecule has 0 spiro atoms. The molecule has 214 valence electrons. The summed E-state index contributed by atoms with van der Waals surface area (Å²) in [5.41, 5.74) is 2.71. The predicted octanol–water partition coefficient (Wildman–Crippen LogP) is 6.68. The van der Waals surface area contributed by atoms with Crippen molar-refractivity contribution in [2.45, 2.75) is 44.6 Å². The summed E-state index contributed by atoms with van der Waals surface area (Å²) >= 11 is 0. The second-order valence-electron chi connectivity index (χ2n) is 11.2. The minimum absolute atomic E-state index is 0.0338. The SMILES string of the molecule is CC(C)(CNC(=O)c1cnn2c1N[C@@H](c1ccccc1)CC2C(F)(F)F)CNC(c1ccccc1)c1ccccc1. The van der Waals surface area contributed by atoms with Crippen molar-refractivity contribution < 1.29 is 18.0 Å². The molecule has 4 aromatic rings. The van der Waals surface area contributed by atoms with Crippen LogP contribution in [-0.4, -0.2) is 35.0 Å². The Balaban J connectivity index is 1.29. The molecule has 0 bridgehead atoms. The van der Waals surface area contributed by atoms with Crippen molar-refractivity contribution in [3.8, 4) is 0 Å². The summed E-state index contributed by atoms with van der Waals surface area (Å²) in [6, 6.07) is 26.8. The molecule has 0 fully saturated rings. The molecule has 1 unspecified atom stereocenters. The van der Waals surface area contributed by atoms with Crippen LogP contribution in [0.1, 0.15) is 65.4 Å². The lowest BCUT2D eigenvalue weighted by Gasteiger charge is -2.34. The minimum Gasteiger partial charge on any atom is -0.363 e. The third-order valence-electron chi connectivity index (χ3n) is 7.46. The predicted molar refractivity (Wildman–Crippen MR) is 154 cm³/mol. The average Bonchev–Trinajstić information content (AvgIpc) is 3.41. The van der Waals surface area contributed by atoms with E-state index in [4.69, 9.17) is 0 Å². The van der Waals surface area contributed by atoms with E-state index in [1.54, 1.807) is 24.3 Å². The van der Waals surface area contributed by atoms with Crippen molar-refractivity contribution in [2.75, 3.05) is 18.4 Å². The van der Waals surface area contributed by atoms with Gasteiger partial charge in [0.25, 0.3) is 5.91 Å². The van der Waals surface area contributed by atoms with Gasteiger partial charge in [0.2, 0.25) is 0 Å². The van der Waals surface area contributed by atoms with E-state index in [1.165, 1.54) is 6.20 Å². The fourth-order valence-electron chi connectivity index (χ4n) is 5.21. The van der Waals surface area contributed by atoms with Crippen LogP contribution in [0.25, 0.3) is 0 Å². The number of nitrogens with one attached hydrogen (secondary N) is 3. The Hall–Kier alpha value is -4.11. The quantitative estimate of drug-likeness (QED) is 0.213. The highest BCUT2D eigenvalue weighted by Crippen LogP contribution is 2.44. The Morgan fingerprint density at radius 2 is 1.49 bits per heavy atom. The number of carbonyl (C=O) groups is 1. The zero-order valence-electron chi connectivity index (χ0n) is 23.0. The van der Waals surface area contributed by atoms with Crippen molar-refractivity contribution in [3.05, 3.63) is 119 Å². The Labute approximate surface area is 238 Å². The van der Waals surface area contributed by atoms with Gasteiger partial charge in [0.05, 0.1) is 18.3 Å². The van der Waals surface area contributed by atoms with E-state index in [-0.39, 0.29) is 29.3 Å². The summed E-state index contributed by atoms with van der Waals surface area (Å²) in [6.45, 7) is 4.96. The van der Waals surface area contributed by atoms with Crippen molar-refractivity contribution in [1.82, 2.24) is 20.4 Å². The van der Waals surface area contributed by atoms with Gasteiger partial charge in [0.15, 0.2) is 6.04 Å². The highest BCUT2D eigenvalue weighted by atomic mass is 19.4. The van der Waals surface area contributed by atoms with E-state index < -0.39 is 24.2 Å². The fourth-order valence-corrected chi connectivity index (χ4v) is 5.21. The number of anilines is 1. The van der Waals surface area contributed by atoms with Gasteiger partial charge in [-0.3, -0.25) is 4.79 Å². The molecule has 3 aromatic carbocycles. The monoisotopic (exact) mass is 561 g/mol. The third kappa shape index (κ3) is 6.62. The van der Waals surface area contributed by atoms with Crippen molar-refractivity contribution in [1.29, 1.82) is 0 Å². The van der Waals surface area contributed by atoms with Crippen LogP contribution in [0.2, 0.25) is 0 Å². The highest BCUT2D eigenvalue weighted by molar-refractivity contribution is 5.99. The first-order valence-electron chi connectivity index (χ1n) is 13.7. The molecule has 1 aliphatic heterocycles. The molecule has 3 N–H and O–H groups in total. The topological polar surface area (TPSA) is 71.0 Å². The summed E-state index contributed by atoms with van der Waals surface area (Å²) in [7, 11) is 0. The number of benzene rings is 3. The molecule has 6 nitrogen and oxygen atoms in total. The molecule has 41 heavy (non-hydrogen) atoms. The number of nitrogens with zero attached hydrogens (tertiary/aromatic N) is 2. The van der Waals surface area contributed by atoms with Crippen LogP contribution in [-0.2, 0) is 0 Å². The first kappa shape index (κ1) is 28.4. The summed E-state index contributed by atoms with van der Waals surface area (Å²) in [6.07, 6.45) is -3.51. The van der Waals surface area contributed by atoms with Gasteiger partial charge in [0, 0.05) is 19.5 Å². The van der Waals surface area contributed by atoms with E-state index in [9.17, 15) is 18.0 Å². The van der Waals surface area contributed by atoms with Crippen molar-refractivity contribution in [3.63, 3.8) is 0 Å². The molecule has 0 saturated heterocycles. The van der Waals surface area contributed by atoms with Crippen LogP contribution >= 0.6 is 0 Å². The van der Waals surface area contributed by atoms with Gasteiger partial charge in [-0.15, -0.1) is 0 Å². The van der Waals surface area contributed by atoms with Crippen LogP contribution in [0.5, 0.6) is 0 Å². The number of alkyl halides is 3. The number of aromatic nitrogens is 2. The maximum absolute atomic E-state index is 14.0. The smallest absolute Gasteiger partial charge is 0.363 e. The molecule has 1 aliphatic rings. The van der Waals surface area contributed by atoms with Gasteiger partial charge in [0.1, 0.15) is 11.4 Å². The van der Waals surface area contributed by atoms with E-state index in [1.807, 2.05) is 56.3 Å². The third-order valence-corrected chi connectivity index (χ3v) is 7.46. The second kappa shape index (κ2) is 11.8. The van der Waals surface area contributed by atoms with Gasteiger partial charge >= 0.3 is 6.18 Å². The molecule has 0 radical (unpaired) electrons. The van der Waals surface area contributed by atoms with Crippen molar-refractivity contribution in [2.24, 2.45) is 5.41 Å². The number of amides is 1. The van der Waals surface area contributed by atoms with Crippen molar-refractivity contribution >= 4 is 11.7 Å². The largest absolute Gasteiger partial charge is 0.410 e. The molecule has 9 heteroatoms. The highest BCUT2D eigenvalue weighted by Gasteiger charge is 2.47. The molecule has 1 aromatic heterocycles. The van der Waals surface area contributed by atoms with Gasteiger partial charge in [-0.25, -0.2) is 4.68 Å². The lowest BCUT2D eigenvalue weighted by molar-refractivity contribution is -0.173. The van der Waals surface area contributed by atoms with E-state index in [0.717, 1.165) is 21.4 Å². The first-order valence-corrected chi connectivity index (χ1v) is 13.7. The zero-order chi connectivity index (χ0) is 29.0. The number of hydrogen-bond acceptors (Lipinski definition) is 4. The van der Waals surface area contributed by atoms with Crippen LogP contribution < -0.4 is 16.0 Å². The number of hydrogen-bond donors (Lipinski definition) is 3. The maximum Gasteiger partial charge on any atom is 0.410 e. The molecule has 2 heterocycles. The normalized spacial score (nSPS) is 17.1. The standard InChI is InChI=1S/C32H34F3N5O/c1-31(2,20-36-28(23-14-8-4-9-15-23)24-16-10-5-11-17-24)21-37-30(41)25-19-38-40-27(32(33,34)35)18-26(39-29(25)40)22-12-6-3-7-13-22/h3-17,19,26-28,36,39H,18,20-21H2,1-2H3,(H,37,41)/t26-,27?/m1/s1. The lowest BCUT2D eigenvalue weighted by Crippen LogP contribution is -2.42. The fraction of sp³-hybridized carbons (Fsp3) is 0.312. The summed E-state index contributed by atoms with van der Waals surface area (Å²) in [5.74, 6) is -0.391. The van der Waals surface area contributed by atoms with Gasteiger partial charge in [-0.2, -0.15) is 18.3 Å². The first-order chi connectivity index (χ1) is 19.6. The molecule has 2 atom stereocenters. The molecule has 1 amide bonds. The number of halogens is 3. The van der Waals surface area contributed by atoms with Crippen LogP contribution in [0, 0.1) is 5.41 Å². The van der Waals surface area contributed by atoms with Gasteiger partial charge in [-0.1, -0.05) is 105 Å². The Morgan fingerprint density at radius 3 is 2.05 bits per heavy atom. The number of carbonyl (C=O) groups excluding carboxylic acids is 1. The second-order valence-corrected chi connectivity index (χ2v) is 11.2. The minimum atomic E-state index is -4.51. The Morgan fingerprint density at radius 1 is 0.927 bits per heavy atom. The van der Waals surface area contributed by atoms with Crippen LogP contribution in [0.4, 0.5) is 19.0 Å². The Bertz CT molecular complexity index is 1400. The Kier molecular flexibility index (Phi) is 8.17. The summed E-state index contributed by atoms with van der Waals surface area (Å²) in [4.78, 5) is 13.3. The average molecular weight is 562 g/mol. The summed E-state index contributed by atoms with van der Waals surface area (Å²) < 4.78 is 43.0. The van der Waals surface area contributed by atoms with Crippen LogP contribution in [0.15, 0.2) is 97.2 Å². The summed E-state index contributed by atoms with van der Waals surface area (Å²) in [5, 5.41) is 13.7. The van der Waals surface area contributed by atoms with Gasteiger partial charge < -0.3 is 16.0 Å². The molecule has 0 aliphatic carbocycles. The molecule has 0 saturated carbocycles. The molecular formula is C32H34F3N5O. The van der Waals surface area contributed by atoms with Gasteiger partial charge in [-0.05, 0) is 22.1 Å². The molecular weight excluding hydrogens is 527 g/mol. The lowest BCUT2D eigenvalue weighted by atomic mass is 9.91. The van der Waals surface area contributed by atoms with Crippen LogP contribution in [0.3, 0.4) is 0 Å². The zero-order valence-corrected chi connectivity index (χ0v) is 23.0. The molecule has 5 rings (SSSR count). The number of rotatable bonds is 9. The van der Waals surface area contributed by atoms with E-state index in [0.29, 0.717) is 13.1 Å². The maximum atomic E-state index is 14.0. The number of fused-ring (bicyclic) bond motifs is 1. The van der Waals surface area contributed by atoms with E-state index >= 15 is 0 Å².